The average Bonchev–Trinajstić information content (AvgIpc) is 3.05. The van der Waals surface area contributed by atoms with Gasteiger partial charge in [0.25, 0.3) is 5.91 Å². The largest absolute Gasteiger partial charge is 0.481 e. The van der Waals surface area contributed by atoms with Crippen molar-refractivity contribution in [2.75, 3.05) is 6.26 Å². The molecular weight excluding hydrogens is 246 g/mol. The molecule has 1 saturated carbocycles. The fourth-order valence-electron chi connectivity index (χ4n) is 1.74. The van der Waals surface area contributed by atoms with E-state index in [-0.39, 0.29) is 5.91 Å². The lowest BCUT2D eigenvalue weighted by Crippen LogP contribution is -2.38. The van der Waals surface area contributed by atoms with Crippen LogP contribution in [0.15, 0.2) is 29.2 Å². The zero-order valence-corrected chi connectivity index (χ0v) is 11.8. The summed E-state index contributed by atoms with van der Waals surface area (Å²) in [4.78, 5) is 13.0. The molecule has 0 aromatic heterocycles. The molecule has 3 atom stereocenters. The van der Waals surface area contributed by atoms with Gasteiger partial charge < -0.3 is 10.1 Å². The normalized spacial score (nSPS) is 23.3. The quantitative estimate of drug-likeness (QED) is 0.832. The molecule has 1 fully saturated rings. The molecule has 4 heteroatoms. The van der Waals surface area contributed by atoms with Crippen molar-refractivity contribution in [3.63, 3.8) is 0 Å². The van der Waals surface area contributed by atoms with Crippen LogP contribution in [0.25, 0.3) is 0 Å². The van der Waals surface area contributed by atoms with E-state index in [1.54, 1.807) is 18.7 Å². The monoisotopic (exact) mass is 265 g/mol. The van der Waals surface area contributed by atoms with Crippen LogP contribution >= 0.6 is 11.8 Å². The van der Waals surface area contributed by atoms with Gasteiger partial charge in [-0.2, -0.15) is 0 Å². The summed E-state index contributed by atoms with van der Waals surface area (Å²) < 4.78 is 5.62. The topological polar surface area (TPSA) is 38.3 Å². The summed E-state index contributed by atoms with van der Waals surface area (Å²) in [6.07, 6.45) is 2.67. The lowest BCUT2D eigenvalue weighted by Gasteiger charge is -2.14. The molecule has 1 aromatic carbocycles. The molecule has 1 aromatic rings. The summed E-state index contributed by atoms with van der Waals surface area (Å²) in [6, 6.07) is 8.13. The van der Waals surface area contributed by atoms with Crippen LogP contribution in [-0.4, -0.2) is 24.3 Å². The van der Waals surface area contributed by atoms with Crippen molar-refractivity contribution in [1.29, 1.82) is 0 Å². The van der Waals surface area contributed by atoms with Crippen molar-refractivity contribution in [2.45, 2.75) is 37.3 Å². The molecule has 98 valence electrons. The number of ether oxygens (including phenoxy) is 1. The molecule has 0 spiro atoms. The number of hydrogen-bond donors (Lipinski definition) is 1. The first kappa shape index (κ1) is 13.3. The predicted octanol–water partition coefficient (Wildman–Crippen LogP) is 2.70. The van der Waals surface area contributed by atoms with E-state index in [4.69, 9.17) is 4.74 Å². The molecule has 3 unspecified atom stereocenters. The molecule has 1 N–H and O–H groups in total. The summed E-state index contributed by atoms with van der Waals surface area (Å²) >= 11 is 1.68. The number of thioether (sulfide) groups is 1. The Morgan fingerprint density at radius 2 is 2.06 bits per heavy atom. The standard InChI is InChI=1S/C14H19NO2S/c1-9-8-13(9)15-14(16)10(2)17-11-4-6-12(18-3)7-5-11/h4-7,9-10,13H,8H2,1-3H3,(H,15,16). The second-order valence-corrected chi connectivity index (χ2v) is 5.64. The van der Waals surface area contributed by atoms with Crippen molar-refractivity contribution in [3.05, 3.63) is 24.3 Å². The summed E-state index contributed by atoms with van der Waals surface area (Å²) in [5.74, 6) is 1.32. The summed E-state index contributed by atoms with van der Waals surface area (Å²) in [5.41, 5.74) is 0. The lowest BCUT2D eigenvalue weighted by atomic mass is 10.3. The van der Waals surface area contributed by atoms with Crippen molar-refractivity contribution >= 4 is 17.7 Å². The third-order valence-electron chi connectivity index (χ3n) is 3.18. The molecular formula is C14H19NO2S. The minimum atomic E-state index is -0.446. The van der Waals surface area contributed by atoms with E-state index >= 15 is 0 Å². The first-order chi connectivity index (χ1) is 8.60. The second kappa shape index (κ2) is 5.65. The number of benzene rings is 1. The summed E-state index contributed by atoms with van der Waals surface area (Å²) in [7, 11) is 0. The minimum absolute atomic E-state index is 0.0294. The molecule has 0 heterocycles. The Labute approximate surface area is 112 Å². The van der Waals surface area contributed by atoms with Crippen LogP contribution in [0.4, 0.5) is 0 Å². The van der Waals surface area contributed by atoms with Crippen LogP contribution in [0.5, 0.6) is 5.75 Å². The Morgan fingerprint density at radius 1 is 1.44 bits per heavy atom. The van der Waals surface area contributed by atoms with Gasteiger partial charge in [-0.1, -0.05) is 6.92 Å². The smallest absolute Gasteiger partial charge is 0.261 e. The van der Waals surface area contributed by atoms with Gasteiger partial charge in [0, 0.05) is 10.9 Å². The first-order valence-electron chi connectivity index (χ1n) is 6.21. The van der Waals surface area contributed by atoms with Crippen LogP contribution in [0, 0.1) is 5.92 Å². The maximum atomic E-state index is 11.8. The van der Waals surface area contributed by atoms with E-state index < -0.39 is 6.10 Å². The maximum absolute atomic E-state index is 11.8. The Morgan fingerprint density at radius 3 is 2.56 bits per heavy atom. The van der Waals surface area contributed by atoms with Crippen LogP contribution in [-0.2, 0) is 4.79 Å². The van der Waals surface area contributed by atoms with E-state index in [2.05, 4.69) is 12.2 Å². The van der Waals surface area contributed by atoms with E-state index in [0.717, 1.165) is 12.2 Å². The second-order valence-electron chi connectivity index (χ2n) is 4.76. The Bertz CT molecular complexity index is 418. The number of carbonyl (C=O) groups excluding carboxylic acids is 1. The number of amides is 1. The molecule has 0 bridgehead atoms. The van der Waals surface area contributed by atoms with E-state index in [1.807, 2.05) is 30.5 Å². The van der Waals surface area contributed by atoms with Gasteiger partial charge in [-0.25, -0.2) is 0 Å². The number of nitrogens with one attached hydrogen (secondary N) is 1. The first-order valence-corrected chi connectivity index (χ1v) is 7.43. The van der Waals surface area contributed by atoms with Crippen molar-refractivity contribution in [1.82, 2.24) is 5.32 Å². The molecule has 3 nitrogen and oxygen atoms in total. The van der Waals surface area contributed by atoms with Crippen LogP contribution in [0.1, 0.15) is 20.3 Å². The van der Waals surface area contributed by atoms with Crippen molar-refractivity contribution in [2.24, 2.45) is 5.92 Å². The Kier molecular flexibility index (Phi) is 4.17. The van der Waals surface area contributed by atoms with Gasteiger partial charge in [0.15, 0.2) is 6.10 Å². The van der Waals surface area contributed by atoms with Gasteiger partial charge >= 0.3 is 0 Å². The van der Waals surface area contributed by atoms with Crippen LogP contribution < -0.4 is 10.1 Å². The van der Waals surface area contributed by atoms with E-state index in [0.29, 0.717) is 12.0 Å². The molecule has 1 aliphatic rings. The van der Waals surface area contributed by atoms with Crippen molar-refractivity contribution < 1.29 is 9.53 Å². The predicted molar refractivity (Wildman–Crippen MR) is 74.0 cm³/mol. The van der Waals surface area contributed by atoms with Gasteiger partial charge in [0.05, 0.1) is 0 Å². The van der Waals surface area contributed by atoms with Gasteiger partial charge in [-0.05, 0) is 49.8 Å². The molecule has 1 aliphatic carbocycles. The molecule has 1 amide bonds. The molecule has 0 aliphatic heterocycles. The van der Waals surface area contributed by atoms with Gasteiger partial charge in [0.1, 0.15) is 5.75 Å². The minimum Gasteiger partial charge on any atom is -0.481 e. The highest BCUT2D eigenvalue weighted by Crippen LogP contribution is 2.29. The SMILES string of the molecule is CSc1ccc(OC(C)C(=O)NC2CC2C)cc1. The lowest BCUT2D eigenvalue weighted by molar-refractivity contribution is -0.127. The Hall–Kier alpha value is -1.16. The molecule has 2 rings (SSSR count). The third-order valence-corrected chi connectivity index (χ3v) is 3.92. The van der Waals surface area contributed by atoms with Crippen LogP contribution in [0.2, 0.25) is 0 Å². The average molecular weight is 265 g/mol. The van der Waals surface area contributed by atoms with Gasteiger partial charge in [-0.3, -0.25) is 4.79 Å². The van der Waals surface area contributed by atoms with Gasteiger partial charge in [-0.15, -0.1) is 11.8 Å². The fraction of sp³-hybridized carbons (Fsp3) is 0.500. The molecule has 0 radical (unpaired) electrons. The molecule has 0 saturated heterocycles. The highest BCUT2D eigenvalue weighted by atomic mass is 32.2. The molecule has 18 heavy (non-hydrogen) atoms. The zero-order valence-electron chi connectivity index (χ0n) is 11.0. The summed E-state index contributed by atoms with van der Waals surface area (Å²) in [6.45, 7) is 3.92. The van der Waals surface area contributed by atoms with E-state index in [1.165, 1.54) is 4.90 Å². The highest BCUT2D eigenvalue weighted by Gasteiger charge is 2.35. The maximum Gasteiger partial charge on any atom is 0.261 e. The van der Waals surface area contributed by atoms with Crippen molar-refractivity contribution in [3.8, 4) is 5.75 Å². The number of carbonyl (C=O) groups is 1. The summed E-state index contributed by atoms with van der Waals surface area (Å²) in [5, 5.41) is 2.98. The van der Waals surface area contributed by atoms with Crippen LogP contribution in [0.3, 0.4) is 0 Å². The number of rotatable bonds is 5. The highest BCUT2D eigenvalue weighted by molar-refractivity contribution is 7.98. The third kappa shape index (κ3) is 3.42. The Balaban J connectivity index is 1.85. The zero-order chi connectivity index (χ0) is 13.1. The number of hydrogen-bond acceptors (Lipinski definition) is 3. The van der Waals surface area contributed by atoms with Gasteiger partial charge in [0.2, 0.25) is 0 Å². The fourth-order valence-corrected chi connectivity index (χ4v) is 2.14. The van der Waals surface area contributed by atoms with E-state index in [9.17, 15) is 4.79 Å².